The summed E-state index contributed by atoms with van der Waals surface area (Å²) in [6, 6.07) is 14.4. The number of hydrogen-bond acceptors (Lipinski definition) is 5. The fourth-order valence-corrected chi connectivity index (χ4v) is 4.08. The van der Waals surface area contributed by atoms with Crippen molar-refractivity contribution in [2.75, 3.05) is 25.7 Å². The summed E-state index contributed by atoms with van der Waals surface area (Å²) in [7, 11) is 3.12. The third-order valence-corrected chi connectivity index (χ3v) is 6.05. The first-order valence-corrected chi connectivity index (χ1v) is 11.6. The van der Waals surface area contributed by atoms with Gasteiger partial charge in [-0.05, 0) is 41.8 Å². The summed E-state index contributed by atoms with van der Waals surface area (Å²) in [5.41, 5.74) is 2.75. The first-order valence-electron chi connectivity index (χ1n) is 11.6. The average Bonchev–Trinajstić information content (AvgIpc) is 3.05. The van der Waals surface area contributed by atoms with Crippen molar-refractivity contribution in [2.24, 2.45) is 0 Å². The molecule has 2 unspecified atom stereocenters. The number of methoxy groups -OCH3 is 1. The normalized spacial score (nSPS) is 17.0. The van der Waals surface area contributed by atoms with Crippen molar-refractivity contribution in [1.82, 2.24) is 4.90 Å². The number of carbonyl (C=O) groups excluding carboxylic acids is 2. The maximum absolute atomic E-state index is 12.6. The number of amides is 3. The predicted octanol–water partition coefficient (Wildman–Crippen LogP) is 4.68. The number of anilines is 1. The van der Waals surface area contributed by atoms with Crippen LogP contribution in [0, 0.1) is 0 Å². The molecule has 33 heavy (non-hydrogen) atoms. The Labute approximate surface area is 195 Å². The highest BCUT2D eigenvalue weighted by Crippen LogP contribution is 2.31. The molecule has 0 bridgehead atoms. The number of benzene rings is 2. The van der Waals surface area contributed by atoms with E-state index in [1.165, 1.54) is 11.9 Å². The molecule has 1 aliphatic rings. The second kappa shape index (κ2) is 11.8. The van der Waals surface area contributed by atoms with E-state index in [0.717, 1.165) is 47.5 Å². The zero-order valence-corrected chi connectivity index (χ0v) is 19.7. The first-order chi connectivity index (χ1) is 16.0. The summed E-state index contributed by atoms with van der Waals surface area (Å²) >= 11 is 0. The maximum atomic E-state index is 12.6. The monoisotopic (exact) mass is 454 g/mol. The molecule has 3 rings (SSSR count). The van der Waals surface area contributed by atoms with E-state index < -0.39 is 6.04 Å². The third kappa shape index (κ3) is 5.92. The smallest absolute Gasteiger partial charge is 0.331 e. The quantitative estimate of drug-likeness (QED) is 0.372. The molecular weight excluding hydrogens is 420 g/mol. The molecule has 7 nitrogen and oxygen atoms in total. The molecule has 0 aromatic heterocycles. The highest BCUT2D eigenvalue weighted by Gasteiger charge is 2.43. The van der Waals surface area contributed by atoms with Crippen molar-refractivity contribution in [3.8, 4) is 5.75 Å². The molecule has 1 fully saturated rings. The van der Waals surface area contributed by atoms with Crippen molar-refractivity contribution in [3.05, 3.63) is 59.7 Å². The minimum absolute atomic E-state index is 0.0699. The number of unbranched alkanes of at least 4 members (excludes halogenated alkanes) is 2. The topological polar surface area (TPSA) is 79.3 Å². The number of hydrogen-bond donors (Lipinski definition) is 1. The number of nitrogens with zero attached hydrogens (tertiary/aromatic N) is 2. The maximum Gasteiger partial charge on any atom is 0.331 e. The van der Waals surface area contributed by atoms with Gasteiger partial charge in [-0.1, -0.05) is 50.5 Å². The van der Waals surface area contributed by atoms with Crippen LogP contribution in [-0.2, 0) is 16.1 Å². The van der Waals surface area contributed by atoms with Crippen LogP contribution < -0.4 is 9.64 Å². The molecule has 0 saturated carbocycles. The Morgan fingerprint density at radius 2 is 1.73 bits per heavy atom. The van der Waals surface area contributed by atoms with Crippen LogP contribution >= 0.6 is 0 Å². The van der Waals surface area contributed by atoms with Crippen LogP contribution in [0.1, 0.15) is 56.3 Å². The summed E-state index contributed by atoms with van der Waals surface area (Å²) in [6.07, 6.45) is 4.38. The molecule has 0 radical (unpaired) electrons. The standard InChI is InChI=1S/C26H34N2O5/c1-4-5-6-7-24(33-18-19-8-14-22(32-3)15-9-19)20-10-12-21(13-11-20)28-23(16-17-29)25(30)27(2)26(28)31/h8-15,23-24,29H,4-7,16-18H2,1-3H3. The van der Waals surface area contributed by atoms with E-state index in [1.807, 2.05) is 48.5 Å². The minimum Gasteiger partial charge on any atom is -0.497 e. The number of urea groups is 1. The molecule has 178 valence electrons. The Morgan fingerprint density at radius 3 is 2.33 bits per heavy atom. The number of rotatable bonds is 12. The van der Waals surface area contributed by atoms with Gasteiger partial charge in [-0.25, -0.2) is 4.79 Å². The number of likely N-dealkylation sites (N-methyl/N-ethyl adjacent to an activating group) is 1. The molecule has 2 aromatic carbocycles. The lowest BCUT2D eigenvalue weighted by Crippen LogP contribution is -2.35. The van der Waals surface area contributed by atoms with Crippen LogP contribution in [0.15, 0.2) is 48.5 Å². The molecule has 2 atom stereocenters. The number of imide groups is 1. The number of ether oxygens (including phenoxy) is 2. The van der Waals surface area contributed by atoms with Crippen LogP contribution in [0.4, 0.5) is 10.5 Å². The average molecular weight is 455 g/mol. The summed E-state index contributed by atoms with van der Waals surface area (Å²) < 4.78 is 11.5. The molecule has 7 heteroatoms. The van der Waals surface area contributed by atoms with Crippen molar-refractivity contribution < 1.29 is 24.2 Å². The van der Waals surface area contributed by atoms with Crippen LogP contribution in [0.3, 0.4) is 0 Å². The Morgan fingerprint density at radius 1 is 1.03 bits per heavy atom. The van der Waals surface area contributed by atoms with Gasteiger partial charge >= 0.3 is 6.03 Å². The van der Waals surface area contributed by atoms with E-state index in [2.05, 4.69) is 6.92 Å². The van der Waals surface area contributed by atoms with E-state index in [9.17, 15) is 14.7 Å². The Balaban J connectivity index is 1.75. The zero-order valence-electron chi connectivity index (χ0n) is 19.7. The molecule has 2 aromatic rings. The molecule has 1 heterocycles. The summed E-state index contributed by atoms with van der Waals surface area (Å²) in [6.45, 7) is 2.51. The van der Waals surface area contributed by atoms with Gasteiger partial charge in [-0.15, -0.1) is 0 Å². The van der Waals surface area contributed by atoms with Crippen LogP contribution in [0.25, 0.3) is 0 Å². The van der Waals surface area contributed by atoms with Crippen LogP contribution in [-0.4, -0.2) is 48.8 Å². The van der Waals surface area contributed by atoms with Crippen molar-refractivity contribution in [2.45, 2.75) is 57.8 Å². The van der Waals surface area contributed by atoms with Gasteiger partial charge in [0.2, 0.25) is 0 Å². The Hall–Kier alpha value is -2.90. The lowest BCUT2D eigenvalue weighted by atomic mass is 10.0. The van der Waals surface area contributed by atoms with Crippen LogP contribution in [0.2, 0.25) is 0 Å². The first kappa shape index (κ1) is 24.7. The second-order valence-electron chi connectivity index (χ2n) is 8.31. The van der Waals surface area contributed by atoms with Gasteiger partial charge in [-0.2, -0.15) is 0 Å². The lowest BCUT2D eigenvalue weighted by molar-refractivity contribution is -0.126. The van der Waals surface area contributed by atoms with Gasteiger partial charge in [0.25, 0.3) is 5.91 Å². The van der Waals surface area contributed by atoms with Gasteiger partial charge in [0.1, 0.15) is 11.8 Å². The summed E-state index contributed by atoms with van der Waals surface area (Å²) in [4.78, 5) is 27.6. The third-order valence-electron chi connectivity index (χ3n) is 6.05. The fourth-order valence-electron chi connectivity index (χ4n) is 4.08. The number of aliphatic hydroxyl groups is 1. The highest BCUT2D eigenvalue weighted by molar-refractivity contribution is 6.14. The van der Waals surface area contributed by atoms with E-state index in [4.69, 9.17) is 9.47 Å². The van der Waals surface area contributed by atoms with Crippen molar-refractivity contribution >= 4 is 17.6 Å². The van der Waals surface area contributed by atoms with Crippen molar-refractivity contribution in [1.29, 1.82) is 0 Å². The summed E-state index contributed by atoms with van der Waals surface area (Å²) in [5, 5.41) is 9.35. The predicted molar refractivity (Wildman–Crippen MR) is 127 cm³/mol. The van der Waals surface area contributed by atoms with E-state index in [-0.39, 0.29) is 31.1 Å². The Kier molecular flexibility index (Phi) is 8.86. The SMILES string of the molecule is CCCCCC(OCc1ccc(OC)cc1)c1ccc(N2C(=O)N(C)C(=O)C2CCO)cc1. The van der Waals surface area contributed by atoms with Gasteiger partial charge in [-0.3, -0.25) is 14.6 Å². The van der Waals surface area contributed by atoms with Crippen molar-refractivity contribution in [3.63, 3.8) is 0 Å². The fraction of sp³-hybridized carbons (Fsp3) is 0.462. The van der Waals surface area contributed by atoms with Gasteiger partial charge < -0.3 is 14.6 Å². The second-order valence-corrected chi connectivity index (χ2v) is 8.31. The molecule has 3 amide bonds. The van der Waals surface area contributed by atoms with Gasteiger partial charge in [0.05, 0.1) is 19.8 Å². The minimum atomic E-state index is -0.676. The van der Waals surface area contributed by atoms with E-state index in [0.29, 0.717) is 12.3 Å². The van der Waals surface area contributed by atoms with Gasteiger partial charge in [0.15, 0.2) is 0 Å². The Bertz CT molecular complexity index is 913. The highest BCUT2D eigenvalue weighted by atomic mass is 16.5. The zero-order chi connectivity index (χ0) is 23.8. The molecule has 1 aliphatic heterocycles. The van der Waals surface area contributed by atoms with Crippen LogP contribution in [0.5, 0.6) is 5.75 Å². The van der Waals surface area contributed by atoms with E-state index >= 15 is 0 Å². The molecule has 0 spiro atoms. The molecular formula is C26H34N2O5. The van der Waals surface area contributed by atoms with Gasteiger partial charge in [0, 0.05) is 25.8 Å². The van der Waals surface area contributed by atoms with E-state index in [1.54, 1.807) is 7.11 Å². The molecule has 1 N–H and O–H groups in total. The number of aliphatic hydroxyl groups excluding tert-OH is 1. The summed E-state index contributed by atoms with van der Waals surface area (Å²) in [5.74, 6) is 0.521. The lowest BCUT2D eigenvalue weighted by Gasteiger charge is -2.23. The molecule has 1 saturated heterocycles. The molecule has 0 aliphatic carbocycles. The largest absolute Gasteiger partial charge is 0.497 e. The number of carbonyl (C=O) groups is 2.